The summed E-state index contributed by atoms with van der Waals surface area (Å²) >= 11 is 3.39. The number of nitrogens with one attached hydrogen (secondary N) is 3. The molecule has 0 saturated carbocycles. The highest BCUT2D eigenvalue weighted by atomic mass is 79.9. The van der Waals surface area contributed by atoms with Gasteiger partial charge in [-0.1, -0.05) is 15.9 Å². The number of nitrogens with zero attached hydrogens (tertiary/aromatic N) is 1. The van der Waals surface area contributed by atoms with Crippen molar-refractivity contribution in [2.75, 3.05) is 6.54 Å². The predicted molar refractivity (Wildman–Crippen MR) is 82.3 cm³/mol. The van der Waals surface area contributed by atoms with Gasteiger partial charge >= 0.3 is 0 Å². The van der Waals surface area contributed by atoms with E-state index in [1.165, 1.54) is 0 Å². The highest BCUT2D eigenvalue weighted by molar-refractivity contribution is 9.10. The molecule has 7 heteroatoms. The number of phenols is 1. The molecule has 0 saturated heterocycles. The number of carbonyl (C=O) groups excluding carboxylic acids is 1. The number of fused-ring (bicyclic) bond motifs is 1. The minimum Gasteiger partial charge on any atom is -0.506 e. The molecule has 21 heavy (non-hydrogen) atoms. The van der Waals surface area contributed by atoms with E-state index in [1.807, 2.05) is 6.20 Å². The number of hydrogen-bond acceptors (Lipinski definition) is 3. The van der Waals surface area contributed by atoms with E-state index in [0.717, 1.165) is 22.0 Å². The lowest BCUT2D eigenvalue weighted by Gasteiger charge is -2.08. The van der Waals surface area contributed by atoms with E-state index in [-0.39, 0.29) is 17.4 Å². The van der Waals surface area contributed by atoms with Crippen molar-refractivity contribution in [3.8, 4) is 5.75 Å². The van der Waals surface area contributed by atoms with Crippen LogP contribution in [0.2, 0.25) is 0 Å². The van der Waals surface area contributed by atoms with Crippen LogP contribution in [0.4, 0.5) is 0 Å². The van der Waals surface area contributed by atoms with Crippen molar-refractivity contribution >= 4 is 32.7 Å². The third kappa shape index (κ3) is 2.78. The van der Waals surface area contributed by atoms with Gasteiger partial charge in [-0.15, -0.1) is 0 Å². The maximum Gasteiger partial charge on any atom is 0.269 e. The lowest BCUT2D eigenvalue weighted by Crippen LogP contribution is -2.27. The Morgan fingerprint density at radius 3 is 2.86 bits per heavy atom. The van der Waals surface area contributed by atoms with Crippen LogP contribution in [-0.4, -0.2) is 32.7 Å². The summed E-state index contributed by atoms with van der Waals surface area (Å²) in [5.74, 6) is -0.207. The van der Waals surface area contributed by atoms with Crippen molar-refractivity contribution in [1.29, 1.82) is 0 Å². The van der Waals surface area contributed by atoms with Gasteiger partial charge in [0.25, 0.3) is 5.91 Å². The number of benzene rings is 1. The molecule has 108 valence electrons. The minimum absolute atomic E-state index is 0.0535. The van der Waals surface area contributed by atoms with Gasteiger partial charge in [0.05, 0.1) is 5.69 Å². The van der Waals surface area contributed by atoms with Crippen LogP contribution >= 0.6 is 15.9 Å². The first-order chi connectivity index (χ1) is 10.1. The SMILES string of the molecule is O=C(NCCc1c[nH][nH]1)c1ccc2c(Br)ccc(O)c2n1. The van der Waals surface area contributed by atoms with Gasteiger partial charge in [-0.2, -0.15) is 0 Å². The van der Waals surface area contributed by atoms with E-state index in [4.69, 9.17) is 0 Å². The largest absolute Gasteiger partial charge is 0.506 e. The fraction of sp³-hybridized carbons (Fsp3) is 0.143. The third-order valence-electron chi connectivity index (χ3n) is 3.17. The molecule has 1 amide bonds. The Morgan fingerprint density at radius 1 is 1.33 bits per heavy atom. The zero-order chi connectivity index (χ0) is 14.8. The second-order valence-electron chi connectivity index (χ2n) is 4.60. The zero-order valence-electron chi connectivity index (χ0n) is 11.0. The maximum atomic E-state index is 12.0. The Morgan fingerprint density at radius 2 is 2.14 bits per heavy atom. The fourth-order valence-electron chi connectivity index (χ4n) is 2.00. The standard InChI is InChI=1S/C14H13BrN4O2/c15-10-2-4-12(20)13-9(10)1-3-11(18-13)14(21)16-6-5-8-7-17-19-8/h1-4,7,17,19-20H,5-6H2,(H,16,21). The van der Waals surface area contributed by atoms with Gasteiger partial charge in [0.1, 0.15) is 17.0 Å². The van der Waals surface area contributed by atoms with E-state index < -0.39 is 0 Å². The van der Waals surface area contributed by atoms with Crippen LogP contribution in [0.1, 0.15) is 16.2 Å². The van der Waals surface area contributed by atoms with Crippen molar-refractivity contribution in [2.45, 2.75) is 6.42 Å². The second-order valence-corrected chi connectivity index (χ2v) is 5.46. The highest BCUT2D eigenvalue weighted by Gasteiger charge is 2.11. The van der Waals surface area contributed by atoms with E-state index in [1.54, 1.807) is 24.3 Å². The normalized spacial score (nSPS) is 10.9. The van der Waals surface area contributed by atoms with Crippen LogP contribution in [0.5, 0.6) is 5.75 Å². The van der Waals surface area contributed by atoms with Crippen LogP contribution < -0.4 is 5.32 Å². The number of hydrogen-bond donors (Lipinski definition) is 4. The van der Waals surface area contributed by atoms with Gasteiger partial charge in [-0.05, 0) is 24.3 Å². The summed E-state index contributed by atoms with van der Waals surface area (Å²) in [7, 11) is 0. The summed E-state index contributed by atoms with van der Waals surface area (Å²) in [6.45, 7) is 0.517. The molecule has 0 radical (unpaired) electrons. The molecular weight excluding hydrogens is 336 g/mol. The predicted octanol–water partition coefficient (Wildman–Crippen LogP) is 2.33. The van der Waals surface area contributed by atoms with Gasteiger partial charge in [-0.3, -0.25) is 4.79 Å². The van der Waals surface area contributed by atoms with E-state index in [2.05, 4.69) is 36.4 Å². The summed E-state index contributed by atoms with van der Waals surface area (Å²) in [4.78, 5) is 16.3. The average Bonchev–Trinajstić information content (AvgIpc) is 2.45. The number of rotatable bonds is 4. The second kappa shape index (κ2) is 5.61. The molecule has 0 fully saturated rings. The monoisotopic (exact) mass is 348 g/mol. The first-order valence-corrected chi connectivity index (χ1v) is 7.21. The lowest BCUT2D eigenvalue weighted by atomic mass is 10.2. The molecule has 0 bridgehead atoms. The van der Waals surface area contributed by atoms with Crippen molar-refractivity contribution in [3.63, 3.8) is 0 Å². The number of aromatic hydroxyl groups is 1. The summed E-state index contributed by atoms with van der Waals surface area (Å²) < 4.78 is 0.824. The first kappa shape index (κ1) is 13.7. The molecule has 0 unspecified atom stereocenters. The van der Waals surface area contributed by atoms with Crippen molar-refractivity contribution in [2.24, 2.45) is 0 Å². The van der Waals surface area contributed by atoms with Gasteiger partial charge in [0.15, 0.2) is 0 Å². The number of pyridine rings is 1. The van der Waals surface area contributed by atoms with Gasteiger partial charge in [0.2, 0.25) is 0 Å². The molecular formula is C14H13BrN4O2. The topological polar surface area (TPSA) is 93.8 Å². The average molecular weight is 349 g/mol. The Labute approximate surface area is 128 Å². The van der Waals surface area contributed by atoms with Gasteiger partial charge in [-0.25, -0.2) is 4.98 Å². The molecule has 0 aliphatic heterocycles. The molecule has 0 atom stereocenters. The highest BCUT2D eigenvalue weighted by Crippen LogP contribution is 2.29. The van der Waals surface area contributed by atoms with Crippen molar-refractivity contribution in [3.05, 3.63) is 46.3 Å². The third-order valence-corrected chi connectivity index (χ3v) is 3.87. The Kier molecular flexibility index (Phi) is 3.66. The Balaban J connectivity index is 1.77. The van der Waals surface area contributed by atoms with Crippen LogP contribution in [0.25, 0.3) is 10.9 Å². The quantitative estimate of drug-likeness (QED) is 0.582. The molecule has 2 aromatic heterocycles. The number of amides is 1. The summed E-state index contributed by atoms with van der Waals surface area (Å²) in [6, 6.07) is 6.70. The number of aromatic amines is 2. The van der Waals surface area contributed by atoms with Gasteiger partial charge < -0.3 is 20.6 Å². The Hall–Kier alpha value is -2.28. The summed E-state index contributed by atoms with van der Waals surface area (Å²) in [6.07, 6.45) is 2.57. The first-order valence-electron chi connectivity index (χ1n) is 6.42. The maximum absolute atomic E-state index is 12.0. The molecule has 2 heterocycles. The minimum atomic E-state index is -0.260. The molecule has 1 aromatic carbocycles. The van der Waals surface area contributed by atoms with Crippen molar-refractivity contribution in [1.82, 2.24) is 20.5 Å². The summed E-state index contributed by atoms with van der Waals surface area (Å²) in [5, 5.41) is 19.1. The molecule has 3 rings (SSSR count). The molecule has 6 nitrogen and oxygen atoms in total. The summed E-state index contributed by atoms with van der Waals surface area (Å²) in [5.41, 5.74) is 1.73. The van der Waals surface area contributed by atoms with E-state index in [0.29, 0.717) is 12.1 Å². The molecule has 0 spiro atoms. The number of phenolic OH excluding ortho intramolecular Hbond substituents is 1. The zero-order valence-corrected chi connectivity index (χ0v) is 12.6. The smallest absolute Gasteiger partial charge is 0.269 e. The molecule has 4 N–H and O–H groups in total. The van der Waals surface area contributed by atoms with Crippen molar-refractivity contribution < 1.29 is 9.90 Å². The molecule has 0 aliphatic carbocycles. The van der Waals surface area contributed by atoms with Crippen LogP contribution in [0, 0.1) is 0 Å². The van der Waals surface area contributed by atoms with Crippen LogP contribution in [0.15, 0.2) is 34.9 Å². The van der Waals surface area contributed by atoms with Crippen LogP contribution in [-0.2, 0) is 6.42 Å². The molecule has 0 aliphatic rings. The fourth-order valence-corrected chi connectivity index (χ4v) is 2.46. The lowest BCUT2D eigenvalue weighted by molar-refractivity contribution is 0.0949. The van der Waals surface area contributed by atoms with E-state index in [9.17, 15) is 9.90 Å². The number of carbonyl (C=O) groups is 1. The number of halogens is 1. The van der Waals surface area contributed by atoms with E-state index >= 15 is 0 Å². The van der Waals surface area contributed by atoms with Gasteiger partial charge in [0, 0.05) is 29.0 Å². The Bertz CT molecular complexity index is 784. The number of aromatic nitrogens is 3. The molecule has 3 aromatic rings. The van der Waals surface area contributed by atoms with Crippen LogP contribution in [0.3, 0.4) is 0 Å². The number of H-pyrrole nitrogens is 2.